The van der Waals surface area contributed by atoms with Gasteiger partial charge in [-0.15, -0.1) is 0 Å². The van der Waals surface area contributed by atoms with Gasteiger partial charge in [0.05, 0.1) is 0 Å². The molecule has 1 aromatic rings. The van der Waals surface area contributed by atoms with Crippen LogP contribution in [0.15, 0.2) is 27.8 Å². The minimum Gasteiger partial charge on any atom is -0.329 e. The first kappa shape index (κ1) is 11.0. The summed E-state index contributed by atoms with van der Waals surface area (Å²) in [4.78, 5) is 4.27. The van der Waals surface area contributed by atoms with E-state index < -0.39 is 0 Å². The van der Waals surface area contributed by atoms with E-state index in [0.29, 0.717) is 6.54 Å². The smallest absolute Gasteiger partial charge is 0.111 e. The number of halogens is 1. The van der Waals surface area contributed by atoms with Crippen molar-refractivity contribution in [2.45, 2.75) is 23.6 Å². The van der Waals surface area contributed by atoms with Crippen LogP contribution in [0.3, 0.4) is 0 Å². The lowest BCUT2D eigenvalue weighted by Gasteiger charge is -2.21. The molecule has 0 saturated carbocycles. The summed E-state index contributed by atoms with van der Waals surface area (Å²) in [6.07, 6.45) is 1.79. The summed E-state index contributed by atoms with van der Waals surface area (Å²) < 4.78 is 1.07. The lowest BCUT2D eigenvalue weighted by atomic mass is 10.2. The summed E-state index contributed by atoms with van der Waals surface area (Å²) in [5.41, 5.74) is 5.64. The molecule has 0 unspecified atom stereocenters. The third kappa shape index (κ3) is 3.29. The Kier molecular flexibility index (Phi) is 3.76. The monoisotopic (exact) mass is 260 g/mol. The van der Waals surface area contributed by atoms with E-state index in [-0.39, 0.29) is 4.75 Å². The fourth-order valence-electron chi connectivity index (χ4n) is 0.750. The second-order valence-corrected chi connectivity index (χ2v) is 5.91. The van der Waals surface area contributed by atoms with Crippen LogP contribution in [0.1, 0.15) is 13.8 Å². The molecule has 0 atom stereocenters. The Morgan fingerprint density at radius 2 is 2.31 bits per heavy atom. The van der Waals surface area contributed by atoms with Crippen molar-refractivity contribution >= 4 is 27.7 Å². The van der Waals surface area contributed by atoms with E-state index in [1.165, 1.54) is 0 Å². The molecule has 1 aromatic heterocycles. The normalized spacial score (nSPS) is 11.7. The van der Waals surface area contributed by atoms with Crippen molar-refractivity contribution < 1.29 is 0 Å². The molecule has 0 fully saturated rings. The number of nitrogens with two attached hydrogens (primary N) is 1. The number of nitrogens with zero attached hydrogens (tertiary/aromatic N) is 1. The average Bonchev–Trinajstić information content (AvgIpc) is 2.09. The fourth-order valence-corrected chi connectivity index (χ4v) is 2.13. The van der Waals surface area contributed by atoms with Crippen LogP contribution in [0.4, 0.5) is 0 Å². The molecule has 0 aromatic carbocycles. The summed E-state index contributed by atoms with van der Waals surface area (Å²) in [7, 11) is 0. The van der Waals surface area contributed by atoms with Crippen molar-refractivity contribution in [1.82, 2.24) is 4.98 Å². The Labute approximate surface area is 91.4 Å². The van der Waals surface area contributed by atoms with Crippen molar-refractivity contribution in [1.29, 1.82) is 0 Å². The fraction of sp³-hybridized carbons (Fsp3) is 0.444. The molecular formula is C9H13BrN2S. The summed E-state index contributed by atoms with van der Waals surface area (Å²) in [5.74, 6) is 0. The van der Waals surface area contributed by atoms with Crippen molar-refractivity contribution in [2.24, 2.45) is 5.73 Å². The van der Waals surface area contributed by atoms with Crippen molar-refractivity contribution in [3.05, 3.63) is 22.8 Å². The number of thioether (sulfide) groups is 1. The number of aromatic nitrogens is 1. The van der Waals surface area contributed by atoms with Crippen LogP contribution in [0.2, 0.25) is 0 Å². The lowest BCUT2D eigenvalue weighted by molar-refractivity contribution is 0.720. The van der Waals surface area contributed by atoms with Gasteiger partial charge in [-0.25, -0.2) is 4.98 Å². The van der Waals surface area contributed by atoms with Crippen LogP contribution in [-0.4, -0.2) is 16.3 Å². The summed E-state index contributed by atoms with van der Waals surface area (Å²) >= 11 is 5.14. The number of hydrogen-bond acceptors (Lipinski definition) is 3. The Hall–Kier alpha value is -0.0600. The molecule has 1 rings (SSSR count). The molecule has 4 heteroatoms. The molecule has 13 heavy (non-hydrogen) atoms. The summed E-state index contributed by atoms with van der Waals surface area (Å²) in [5, 5.41) is 0.998. The second kappa shape index (κ2) is 4.44. The van der Waals surface area contributed by atoms with Crippen molar-refractivity contribution in [3.8, 4) is 0 Å². The first-order chi connectivity index (χ1) is 6.05. The van der Waals surface area contributed by atoms with Gasteiger partial charge < -0.3 is 5.73 Å². The number of hydrogen-bond donors (Lipinski definition) is 1. The molecule has 0 saturated heterocycles. The molecular weight excluding hydrogens is 248 g/mol. The predicted molar refractivity (Wildman–Crippen MR) is 60.9 cm³/mol. The quantitative estimate of drug-likeness (QED) is 0.850. The van der Waals surface area contributed by atoms with Crippen LogP contribution in [0, 0.1) is 0 Å². The van der Waals surface area contributed by atoms with Crippen molar-refractivity contribution in [2.75, 3.05) is 6.54 Å². The van der Waals surface area contributed by atoms with Crippen molar-refractivity contribution in [3.63, 3.8) is 0 Å². The van der Waals surface area contributed by atoms with Crippen LogP contribution in [0.5, 0.6) is 0 Å². The first-order valence-corrected chi connectivity index (χ1v) is 5.66. The van der Waals surface area contributed by atoms with Gasteiger partial charge in [-0.1, -0.05) is 11.8 Å². The highest BCUT2D eigenvalue weighted by Crippen LogP contribution is 2.34. The molecule has 0 bridgehead atoms. The lowest BCUT2D eigenvalue weighted by Crippen LogP contribution is -2.26. The van der Waals surface area contributed by atoms with Gasteiger partial charge in [-0.3, -0.25) is 0 Å². The Morgan fingerprint density at radius 1 is 1.62 bits per heavy atom. The Balaban J connectivity index is 2.80. The molecule has 0 radical (unpaired) electrons. The third-order valence-corrected chi connectivity index (χ3v) is 3.73. The van der Waals surface area contributed by atoms with Crippen LogP contribution < -0.4 is 5.73 Å². The predicted octanol–water partition coefficient (Wildman–Crippen LogP) is 2.67. The molecule has 72 valence electrons. The van der Waals surface area contributed by atoms with E-state index in [2.05, 4.69) is 34.8 Å². The van der Waals surface area contributed by atoms with Gasteiger partial charge in [0, 0.05) is 22.0 Å². The maximum Gasteiger partial charge on any atom is 0.111 e. The molecule has 0 aliphatic heterocycles. The zero-order chi connectivity index (χ0) is 9.90. The van der Waals surface area contributed by atoms with Crippen LogP contribution in [-0.2, 0) is 0 Å². The first-order valence-electron chi connectivity index (χ1n) is 4.05. The number of rotatable bonds is 3. The summed E-state index contributed by atoms with van der Waals surface area (Å²) in [6.45, 7) is 4.86. The molecule has 0 spiro atoms. The van der Waals surface area contributed by atoms with Gasteiger partial charge >= 0.3 is 0 Å². The van der Waals surface area contributed by atoms with Crippen LogP contribution in [0.25, 0.3) is 0 Å². The summed E-state index contributed by atoms with van der Waals surface area (Å²) in [6, 6.07) is 3.89. The Morgan fingerprint density at radius 3 is 2.85 bits per heavy atom. The maximum atomic E-state index is 5.64. The SMILES string of the molecule is CC(C)(CN)Sc1ncccc1Br. The largest absolute Gasteiger partial charge is 0.329 e. The molecule has 0 amide bonds. The van der Waals surface area contributed by atoms with Gasteiger partial charge in [0.1, 0.15) is 5.03 Å². The van der Waals surface area contributed by atoms with Gasteiger partial charge in [-0.2, -0.15) is 0 Å². The van der Waals surface area contributed by atoms with Crippen LogP contribution >= 0.6 is 27.7 Å². The van der Waals surface area contributed by atoms with E-state index in [4.69, 9.17) is 5.73 Å². The highest BCUT2D eigenvalue weighted by atomic mass is 79.9. The molecule has 2 N–H and O–H groups in total. The standard InChI is InChI=1S/C9H13BrN2S/c1-9(2,6-11)13-8-7(10)4-3-5-12-8/h3-5H,6,11H2,1-2H3. The zero-order valence-corrected chi connectivity index (χ0v) is 10.2. The van der Waals surface area contributed by atoms with E-state index in [1.807, 2.05) is 12.1 Å². The van der Waals surface area contributed by atoms with Gasteiger partial charge in [-0.05, 0) is 41.9 Å². The highest BCUT2D eigenvalue weighted by Gasteiger charge is 2.19. The molecule has 0 aliphatic rings. The van der Waals surface area contributed by atoms with E-state index in [9.17, 15) is 0 Å². The Bertz CT molecular complexity index is 289. The minimum atomic E-state index is 0.0386. The minimum absolute atomic E-state index is 0.0386. The third-order valence-electron chi connectivity index (χ3n) is 1.59. The molecule has 0 aliphatic carbocycles. The average molecular weight is 261 g/mol. The second-order valence-electron chi connectivity index (χ2n) is 3.36. The van der Waals surface area contributed by atoms with Gasteiger partial charge in [0.15, 0.2) is 0 Å². The maximum absolute atomic E-state index is 5.64. The molecule has 1 heterocycles. The molecule has 2 nitrogen and oxygen atoms in total. The van der Waals surface area contributed by atoms with Gasteiger partial charge in [0.25, 0.3) is 0 Å². The van der Waals surface area contributed by atoms with E-state index >= 15 is 0 Å². The highest BCUT2D eigenvalue weighted by molar-refractivity contribution is 9.10. The topological polar surface area (TPSA) is 38.9 Å². The van der Waals surface area contributed by atoms with Gasteiger partial charge in [0.2, 0.25) is 0 Å². The zero-order valence-electron chi connectivity index (χ0n) is 7.75. The van der Waals surface area contributed by atoms with E-state index in [1.54, 1.807) is 18.0 Å². The van der Waals surface area contributed by atoms with E-state index in [0.717, 1.165) is 9.50 Å². The number of pyridine rings is 1.